The van der Waals surface area contributed by atoms with Crippen molar-refractivity contribution >= 4 is 5.97 Å². The first-order valence-electron chi connectivity index (χ1n) is 3.40. The van der Waals surface area contributed by atoms with Crippen LogP contribution in [0.2, 0.25) is 0 Å². The van der Waals surface area contributed by atoms with Crippen molar-refractivity contribution in [2.75, 3.05) is 6.54 Å². The first-order valence-corrected chi connectivity index (χ1v) is 3.40. The van der Waals surface area contributed by atoms with Gasteiger partial charge in [-0.3, -0.25) is 4.79 Å². The lowest BCUT2D eigenvalue weighted by Gasteiger charge is -1.75. The monoisotopic (exact) mass is 161 g/mol. The Labute approximate surface area is 66.3 Å². The van der Waals surface area contributed by atoms with Crippen molar-refractivity contribution < 1.29 is 15.0 Å². The van der Waals surface area contributed by atoms with E-state index in [2.05, 4.69) is 12.7 Å². The lowest BCUT2D eigenvalue weighted by Crippen LogP contribution is -2.10. The van der Waals surface area contributed by atoms with E-state index in [9.17, 15) is 4.79 Å². The van der Waals surface area contributed by atoms with Gasteiger partial charge in [0.25, 0.3) is 0 Å². The lowest BCUT2D eigenvalue weighted by atomic mass is 10.3. The maximum absolute atomic E-state index is 9.24. The molecule has 0 spiro atoms. The van der Waals surface area contributed by atoms with Gasteiger partial charge in [-0.25, -0.2) is 0 Å². The summed E-state index contributed by atoms with van der Waals surface area (Å²) in [6.07, 6.45) is 4.91. The molecule has 0 aliphatic heterocycles. The molecule has 0 radical (unpaired) electrons. The van der Waals surface area contributed by atoms with Crippen LogP contribution in [0.25, 0.3) is 0 Å². The average Bonchev–Trinajstić information content (AvgIpc) is 2.02. The molecule has 0 bridgehead atoms. The molecule has 0 fully saturated rings. The molecule has 0 heterocycles. The highest BCUT2D eigenvalue weighted by atomic mass is 16.4. The highest BCUT2D eigenvalue weighted by molar-refractivity contribution is 5.68. The van der Waals surface area contributed by atoms with E-state index in [1.165, 1.54) is 0 Å². The highest BCUT2D eigenvalue weighted by Crippen LogP contribution is 1.84. The van der Waals surface area contributed by atoms with E-state index in [1.54, 1.807) is 6.08 Å². The summed E-state index contributed by atoms with van der Waals surface area (Å²) in [5.74, 6) is -0.968. The van der Waals surface area contributed by atoms with E-state index in [4.69, 9.17) is 10.2 Å². The number of nitrogens with two attached hydrogens (primary N) is 1. The van der Waals surface area contributed by atoms with Crippen LogP contribution in [0.3, 0.4) is 0 Å². The zero-order valence-corrected chi connectivity index (χ0v) is 6.66. The average molecular weight is 161 g/mol. The van der Waals surface area contributed by atoms with Crippen LogP contribution >= 0.6 is 0 Å². The number of allylic oxidation sites excluding steroid dienone is 1. The fourth-order valence-corrected chi connectivity index (χ4v) is 0.241. The van der Waals surface area contributed by atoms with Crippen LogP contribution in [-0.4, -0.2) is 22.7 Å². The Balaban J connectivity index is 0. The van der Waals surface area contributed by atoms with Gasteiger partial charge >= 0.3 is 5.97 Å². The summed E-state index contributed by atoms with van der Waals surface area (Å²) >= 11 is 0. The number of hydrogen-bond donors (Lipinski definition) is 3. The minimum absolute atomic E-state index is 0.278. The summed E-state index contributed by atoms with van der Waals surface area (Å²) in [6.45, 7) is 1.79. The van der Waals surface area contributed by atoms with Gasteiger partial charge in [-0.2, -0.15) is 0 Å². The first kappa shape index (κ1) is 12.6. The number of aliphatic hydroxyl groups excluding tert-OH is 1. The molecule has 4 N–H and O–H groups in total. The molecule has 4 nitrogen and oxygen atoms in total. The van der Waals surface area contributed by atoms with Gasteiger partial charge in [0.15, 0.2) is 0 Å². The number of unbranched alkanes of at least 4 members (excludes halogenated alkanes) is 1. The van der Waals surface area contributed by atoms with Crippen molar-refractivity contribution in [3.05, 3.63) is 12.3 Å². The predicted molar refractivity (Wildman–Crippen MR) is 43.4 cm³/mol. The molecular weight excluding hydrogens is 146 g/mol. The third kappa shape index (κ3) is 27.6. The summed E-state index contributed by atoms with van der Waals surface area (Å²) in [4.78, 5) is 9.24. The van der Waals surface area contributed by atoms with Crippen molar-refractivity contribution in [2.45, 2.75) is 19.8 Å². The van der Waals surface area contributed by atoms with Crippen LogP contribution in [-0.2, 0) is 4.79 Å². The Morgan fingerprint density at radius 3 is 2.18 bits per heavy atom. The smallest absolute Gasteiger partial charge is 0.317 e. The van der Waals surface area contributed by atoms with Crippen molar-refractivity contribution in [2.24, 2.45) is 5.73 Å². The second-order valence-electron chi connectivity index (χ2n) is 1.77. The summed E-state index contributed by atoms with van der Waals surface area (Å²) < 4.78 is 0. The standard InChI is InChI=1S/C5H10O.C2H5NO2/c1-2-3-4-5-6;3-1-2(4)5/h4-6H,2-3H2,1H3;1,3H2,(H,4,5). The van der Waals surface area contributed by atoms with Gasteiger partial charge in [-0.15, -0.1) is 0 Å². The molecule has 0 amide bonds. The number of carbonyl (C=O) groups is 1. The highest BCUT2D eigenvalue weighted by Gasteiger charge is 1.81. The van der Waals surface area contributed by atoms with Gasteiger partial charge in [0.2, 0.25) is 0 Å². The maximum Gasteiger partial charge on any atom is 0.317 e. The minimum atomic E-state index is -0.968. The quantitative estimate of drug-likeness (QED) is 0.537. The van der Waals surface area contributed by atoms with Crippen molar-refractivity contribution in [3.8, 4) is 0 Å². The van der Waals surface area contributed by atoms with Crippen LogP contribution in [0.4, 0.5) is 0 Å². The number of carboxylic acid groups (broad SMARTS) is 1. The Morgan fingerprint density at radius 2 is 2.09 bits per heavy atom. The molecule has 0 aromatic heterocycles. The summed E-state index contributed by atoms with van der Waals surface area (Å²) in [5, 5.41) is 15.6. The number of carboxylic acids is 1. The number of hydrogen-bond acceptors (Lipinski definition) is 3. The van der Waals surface area contributed by atoms with Crippen molar-refractivity contribution in [3.63, 3.8) is 0 Å². The third-order valence-corrected chi connectivity index (χ3v) is 0.735. The fraction of sp³-hybridized carbons (Fsp3) is 0.571. The van der Waals surface area contributed by atoms with Gasteiger partial charge in [0, 0.05) is 0 Å². The van der Waals surface area contributed by atoms with E-state index in [0.29, 0.717) is 0 Å². The number of aliphatic carboxylic acids is 1. The third-order valence-electron chi connectivity index (χ3n) is 0.735. The summed E-state index contributed by atoms with van der Waals surface area (Å²) in [7, 11) is 0. The topological polar surface area (TPSA) is 83.5 Å². The zero-order chi connectivity index (χ0) is 9.11. The maximum atomic E-state index is 9.24. The number of rotatable bonds is 3. The van der Waals surface area contributed by atoms with Crippen molar-refractivity contribution in [1.82, 2.24) is 0 Å². The summed E-state index contributed by atoms with van der Waals surface area (Å²) in [6, 6.07) is 0. The predicted octanol–water partition coefficient (Wildman–Crippen LogP) is 0.888. The van der Waals surface area contributed by atoms with Gasteiger partial charge in [0.1, 0.15) is 0 Å². The van der Waals surface area contributed by atoms with E-state index in [0.717, 1.165) is 19.1 Å². The molecule has 0 unspecified atom stereocenters. The fourth-order valence-electron chi connectivity index (χ4n) is 0.241. The minimum Gasteiger partial charge on any atom is -0.516 e. The van der Waals surface area contributed by atoms with Gasteiger partial charge < -0.3 is 15.9 Å². The Kier molecular flexibility index (Phi) is 13.5. The molecular formula is C7H15NO3. The van der Waals surface area contributed by atoms with Gasteiger partial charge in [0.05, 0.1) is 12.8 Å². The number of aliphatic hydroxyl groups is 1. The van der Waals surface area contributed by atoms with Crippen LogP contribution < -0.4 is 5.73 Å². The SMILES string of the molecule is CCCC=CO.NCC(=O)O. The molecule has 0 aromatic carbocycles. The van der Waals surface area contributed by atoms with Crippen LogP contribution in [0, 0.1) is 0 Å². The first-order chi connectivity index (χ1) is 5.18. The largest absolute Gasteiger partial charge is 0.516 e. The Morgan fingerprint density at radius 1 is 1.64 bits per heavy atom. The van der Waals surface area contributed by atoms with Crippen molar-refractivity contribution in [1.29, 1.82) is 0 Å². The molecule has 0 rings (SSSR count). The van der Waals surface area contributed by atoms with Gasteiger partial charge in [-0.05, 0) is 6.42 Å². The molecule has 0 aliphatic carbocycles. The molecule has 0 saturated heterocycles. The van der Waals surface area contributed by atoms with Crippen LogP contribution in [0.1, 0.15) is 19.8 Å². The second-order valence-corrected chi connectivity index (χ2v) is 1.77. The van der Waals surface area contributed by atoms with E-state index in [1.807, 2.05) is 0 Å². The zero-order valence-electron chi connectivity index (χ0n) is 6.66. The normalized spacial score (nSPS) is 8.91. The van der Waals surface area contributed by atoms with E-state index in [-0.39, 0.29) is 6.54 Å². The molecule has 66 valence electrons. The van der Waals surface area contributed by atoms with Gasteiger partial charge in [-0.1, -0.05) is 19.4 Å². The van der Waals surface area contributed by atoms with Crippen LogP contribution in [0.15, 0.2) is 12.3 Å². The molecule has 0 aliphatic rings. The molecule has 0 aromatic rings. The second kappa shape index (κ2) is 11.7. The van der Waals surface area contributed by atoms with Crippen LogP contribution in [0.5, 0.6) is 0 Å². The molecule has 4 heteroatoms. The summed E-state index contributed by atoms with van der Waals surface area (Å²) in [5.41, 5.74) is 4.57. The Hall–Kier alpha value is -1.03. The Bertz CT molecular complexity index is 112. The van der Waals surface area contributed by atoms with E-state index < -0.39 is 5.97 Å². The molecule has 11 heavy (non-hydrogen) atoms. The lowest BCUT2D eigenvalue weighted by molar-refractivity contribution is -0.135. The van der Waals surface area contributed by atoms with E-state index >= 15 is 0 Å². The molecule has 0 atom stereocenters. The molecule has 0 saturated carbocycles.